The minimum Gasteiger partial charge on any atom is -0.481 e. The Hall–Kier alpha value is -1.51. The summed E-state index contributed by atoms with van der Waals surface area (Å²) in [6, 6.07) is 12.7. The van der Waals surface area contributed by atoms with Crippen molar-refractivity contribution in [3.63, 3.8) is 0 Å². The summed E-state index contributed by atoms with van der Waals surface area (Å²) in [5, 5.41) is 10.0. The highest BCUT2D eigenvalue weighted by molar-refractivity contribution is 6.43. The van der Waals surface area contributed by atoms with Crippen molar-refractivity contribution in [2.75, 3.05) is 0 Å². The summed E-state index contributed by atoms with van der Waals surface area (Å²) in [5.41, 5.74) is 2.40. The Kier molecular flexibility index (Phi) is 4.13. The van der Waals surface area contributed by atoms with Crippen molar-refractivity contribution in [2.45, 2.75) is 12.8 Å². The van der Waals surface area contributed by atoms with E-state index in [2.05, 4.69) is 0 Å². The zero-order valence-corrected chi connectivity index (χ0v) is 11.7. The third-order valence-corrected chi connectivity index (χ3v) is 3.84. The fourth-order valence-corrected chi connectivity index (χ4v) is 2.25. The topological polar surface area (TPSA) is 37.3 Å². The Labute approximate surface area is 121 Å². The van der Waals surface area contributed by atoms with E-state index in [0.717, 1.165) is 16.7 Å². The highest BCUT2D eigenvalue weighted by Crippen LogP contribution is 2.34. The van der Waals surface area contributed by atoms with Gasteiger partial charge in [-0.1, -0.05) is 59.6 Å². The number of carboxylic acid groups (broad SMARTS) is 1. The zero-order chi connectivity index (χ0) is 14.0. The van der Waals surface area contributed by atoms with E-state index in [9.17, 15) is 4.79 Å². The molecule has 2 aromatic carbocycles. The fourth-order valence-electron chi connectivity index (χ4n) is 1.84. The van der Waals surface area contributed by atoms with Crippen LogP contribution in [0.15, 0.2) is 42.5 Å². The Morgan fingerprint density at radius 1 is 1.16 bits per heavy atom. The van der Waals surface area contributed by atoms with E-state index in [0.29, 0.717) is 10.0 Å². The minimum atomic E-state index is -0.852. The molecule has 0 heterocycles. The molecule has 0 radical (unpaired) electrons. The summed E-state index contributed by atoms with van der Waals surface area (Å²) in [4.78, 5) is 11.0. The van der Waals surface area contributed by atoms with Crippen LogP contribution < -0.4 is 0 Å². The molecule has 2 rings (SSSR count). The largest absolute Gasteiger partial charge is 0.481 e. The predicted molar refractivity (Wildman–Crippen MR) is 77.9 cm³/mol. The normalized spacial score (nSPS) is 12.2. The predicted octanol–water partition coefficient (Wildman–Crippen LogP) is 4.85. The summed E-state index contributed by atoms with van der Waals surface area (Å²) in [6.07, 6.45) is 0. The van der Waals surface area contributed by atoms with Crippen LogP contribution in [0.1, 0.15) is 18.4 Å². The summed E-state index contributed by atoms with van der Waals surface area (Å²) in [6.45, 7) is 1.65. The maximum Gasteiger partial charge on any atom is 0.310 e. The number of hydrogen-bond donors (Lipinski definition) is 1. The molecule has 1 N–H and O–H groups in total. The Morgan fingerprint density at radius 3 is 2.53 bits per heavy atom. The first-order chi connectivity index (χ1) is 9.00. The molecule has 19 heavy (non-hydrogen) atoms. The van der Waals surface area contributed by atoms with Gasteiger partial charge in [-0.2, -0.15) is 0 Å². The zero-order valence-electron chi connectivity index (χ0n) is 10.2. The van der Waals surface area contributed by atoms with Gasteiger partial charge in [0.2, 0.25) is 0 Å². The molecule has 0 aliphatic heterocycles. The van der Waals surface area contributed by atoms with E-state index in [1.807, 2.05) is 30.3 Å². The van der Waals surface area contributed by atoms with Gasteiger partial charge in [0.1, 0.15) is 0 Å². The van der Waals surface area contributed by atoms with Crippen LogP contribution in [0.5, 0.6) is 0 Å². The minimum absolute atomic E-state index is 0.476. The molecular weight excluding hydrogens is 283 g/mol. The van der Waals surface area contributed by atoms with Crippen molar-refractivity contribution in [3.8, 4) is 11.1 Å². The molecule has 0 aliphatic carbocycles. The SMILES string of the molecule is CC(C(=O)O)c1cccc(-c2cccc(Cl)c2Cl)c1. The lowest BCUT2D eigenvalue weighted by Gasteiger charge is -2.10. The summed E-state index contributed by atoms with van der Waals surface area (Å²) in [5.74, 6) is -1.41. The van der Waals surface area contributed by atoms with Crippen molar-refractivity contribution < 1.29 is 9.90 Å². The number of aliphatic carboxylic acids is 1. The maximum atomic E-state index is 11.0. The summed E-state index contributed by atoms with van der Waals surface area (Å²) in [7, 11) is 0. The molecule has 98 valence electrons. The Bertz CT molecular complexity index is 623. The van der Waals surface area contributed by atoms with Crippen LogP contribution in [0.4, 0.5) is 0 Å². The standard InChI is InChI=1S/C15H12Cl2O2/c1-9(15(18)19)10-4-2-5-11(8-10)12-6-3-7-13(16)14(12)17/h2-9H,1H3,(H,18,19). The second-order valence-electron chi connectivity index (χ2n) is 4.29. The van der Waals surface area contributed by atoms with Crippen molar-refractivity contribution >= 4 is 29.2 Å². The van der Waals surface area contributed by atoms with E-state index in [4.69, 9.17) is 28.3 Å². The molecule has 0 bridgehead atoms. The first kappa shape index (κ1) is 13.9. The second kappa shape index (κ2) is 5.64. The number of rotatable bonds is 3. The van der Waals surface area contributed by atoms with E-state index in [1.165, 1.54) is 0 Å². The number of benzene rings is 2. The second-order valence-corrected chi connectivity index (χ2v) is 5.07. The smallest absolute Gasteiger partial charge is 0.310 e. The van der Waals surface area contributed by atoms with Gasteiger partial charge in [0.25, 0.3) is 0 Å². The Balaban J connectivity index is 2.49. The third kappa shape index (κ3) is 2.91. The van der Waals surface area contributed by atoms with Gasteiger partial charge in [-0.3, -0.25) is 4.79 Å². The molecule has 4 heteroatoms. The van der Waals surface area contributed by atoms with Gasteiger partial charge in [-0.25, -0.2) is 0 Å². The highest BCUT2D eigenvalue weighted by Gasteiger charge is 2.15. The highest BCUT2D eigenvalue weighted by atomic mass is 35.5. The number of hydrogen-bond acceptors (Lipinski definition) is 1. The number of halogens is 2. The van der Waals surface area contributed by atoms with E-state index in [1.54, 1.807) is 19.1 Å². The van der Waals surface area contributed by atoms with Crippen LogP contribution >= 0.6 is 23.2 Å². The van der Waals surface area contributed by atoms with E-state index < -0.39 is 11.9 Å². The molecule has 2 aromatic rings. The molecule has 0 aromatic heterocycles. The molecule has 0 saturated heterocycles. The van der Waals surface area contributed by atoms with Gasteiger partial charge in [-0.05, 0) is 24.1 Å². The number of carbonyl (C=O) groups is 1. The summed E-state index contributed by atoms with van der Waals surface area (Å²) >= 11 is 12.2. The van der Waals surface area contributed by atoms with Crippen LogP contribution in [0.3, 0.4) is 0 Å². The van der Waals surface area contributed by atoms with Crippen LogP contribution in [0.25, 0.3) is 11.1 Å². The van der Waals surface area contributed by atoms with Gasteiger partial charge >= 0.3 is 5.97 Å². The third-order valence-electron chi connectivity index (χ3n) is 3.02. The summed E-state index contributed by atoms with van der Waals surface area (Å²) < 4.78 is 0. The van der Waals surface area contributed by atoms with E-state index >= 15 is 0 Å². The molecular formula is C15H12Cl2O2. The molecule has 0 saturated carbocycles. The lowest BCUT2D eigenvalue weighted by Crippen LogP contribution is -2.07. The van der Waals surface area contributed by atoms with Crippen molar-refractivity contribution in [1.29, 1.82) is 0 Å². The van der Waals surface area contributed by atoms with Gasteiger partial charge in [0, 0.05) is 5.56 Å². The van der Waals surface area contributed by atoms with Crippen molar-refractivity contribution in [1.82, 2.24) is 0 Å². The maximum absolute atomic E-state index is 11.0. The fraction of sp³-hybridized carbons (Fsp3) is 0.133. The molecule has 1 atom stereocenters. The van der Waals surface area contributed by atoms with Gasteiger partial charge in [0.05, 0.1) is 16.0 Å². The number of carboxylic acids is 1. The van der Waals surface area contributed by atoms with Crippen LogP contribution in [0.2, 0.25) is 10.0 Å². The van der Waals surface area contributed by atoms with Crippen molar-refractivity contribution in [2.24, 2.45) is 0 Å². The lowest BCUT2D eigenvalue weighted by atomic mass is 9.96. The van der Waals surface area contributed by atoms with Crippen LogP contribution in [-0.2, 0) is 4.79 Å². The molecule has 0 fully saturated rings. The lowest BCUT2D eigenvalue weighted by molar-refractivity contribution is -0.138. The molecule has 0 aliphatic rings. The first-order valence-electron chi connectivity index (χ1n) is 5.78. The van der Waals surface area contributed by atoms with Gasteiger partial charge < -0.3 is 5.11 Å². The Morgan fingerprint density at radius 2 is 1.84 bits per heavy atom. The average Bonchev–Trinajstić information content (AvgIpc) is 2.41. The molecule has 0 amide bonds. The quantitative estimate of drug-likeness (QED) is 0.879. The van der Waals surface area contributed by atoms with Gasteiger partial charge in [-0.15, -0.1) is 0 Å². The van der Waals surface area contributed by atoms with E-state index in [-0.39, 0.29) is 0 Å². The van der Waals surface area contributed by atoms with Gasteiger partial charge in [0.15, 0.2) is 0 Å². The van der Waals surface area contributed by atoms with Crippen LogP contribution in [-0.4, -0.2) is 11.1 Å². The van der Waals surface area contributed by atoms with Crippen molar-refractivity contribution in [3.05, 3.63) is 58.1 Å². The molecule has 1 unspecified atom stereocenters. The van der Waals surface area contributed by atoms with Crippen LogP contribution in [0, 0.1) is 0 Å². The molecule has 2 nitrogen and oxygen atoms in total. The first-order valence-corrected chi connectivity index (χ1v) is 6.53. The molecule has 0 spiro atoms. The monoisotopic (exact) mass is 294 g/mol. The average molecular weight is 295 g/mol.